The first-order valence-electron chi connectivity index (χ1n) is 6.10. The van der Waals surface area contributed by atoms with E-state index in [9.17, 15) is 9.18 Å². The number of nitrogens with two attached hydrogens (primary N) is 1. The van der Waals surface area contributed by atoms with Gasteiger partial charge in [0, 0.05) is 15.5 Å². The second kappa shape index (κ2) is 6.43. The summed E-state index contributed by atoms with van der Waals surface area (Å²) in [5.74, 6) is -0.696. The molecule has 2 rings (SSSR count). The zero-order valence-electron chi connectivity index (χ0n) is 10.9. The summed E-state index contributed by atoms with van der Waals surface area (Å²) in [5, 5.41) is 0. The summed E-state index contributed by atoms with van der Waals surface area (Å²) in [4.78, 5) is 13.1. The number of rotatable bonds is 4. The van der Waals surface area contributed by atoms with Crippen LogP contribution in [0, 0.1) is 5.82 Å². The Morgan fingerprint density at radius 1 is 1.30 bits per heavy atom. The third kappa shape index (κ3) is 3.51. The lowest BCUT2D eigenvalue weighted by atomic mass is 10.2. The van der Waals surface area contributed by atoms with Gasteiger partial charge in [-0.3, -0.25) is 0 Å². The number of hydrogen-bond donors (Lipinski definition) is 1. The average molecular weight is 291 g/mol. The first kappa shape index (κ1) is 14.4. The standard InChI is InChI=1S/C15H14FNO2S/c1-2-19-15(18)10-6-7-14(13(17)8-10)20-12-5-3-4-11(16)9-12/h3-9H,2,17H2,1H3. The van der Waals surface area contributed by atoms with E-state index in [1.54, 1.807) is 37.3 Å². The maximum absolute atomic E-state index is 13.1. The van der Waals surface area contributed by atoms with Crippen LogP contribution in [0.5, 0.6) is 0 Å². The summed E-state index contributed by atoms with van der Waals surface area (Å²) in [6.07, 6.45) is 0. The molecule has 2 aromatic rings. The van der Waals surface area contributed by atoms with Crippen molar-refractivity contribution >= 4 is 23.4 Å². The molecule has 104 valence electrons. The quantitative estimate of drug-likeness (QED) is 0.688. The van der Waals surface area contributed by atoms with Gasteiger partial charge in [0.05, 0.1) is 12.2 Å². The van der Waals surface area contributed by atoms with Gasteiger partial charge in [0.2, 0.25) is 0 Å². The van der Waals surface area contributed by atoms with Crippen molar-refractivity contribution in [1.82, 2.24) is 0 Å². The van der Waals surface area contributed by atoms with Crippen molar-refractivity contribution in [3.8, 4) is 0 Å². The summed E-state index contributed by atoms with van der Waals surface area (Å²) in [6, 6.07) is 11.2. The van der Waals surface area contributed by atoms with Crippen LogP contribution in [-0.2, 0) is 4.74 Å². The fourth-order valence-corrected chi connectivity index (χ4v) is 2.53. The topological polar surface area (TPSA) is 52.3 Å². The van der Waals surface area contributed by atoms with Gasteiger partial charge in [-0.15, -0.1) is 0 Å². The number of halogens is 1. The van der Waals surface area contributed by atoms with E-state index in [4.69, 9.17) is 10.5 Å². The average Bonchev–Trinajstić information content (AvgIpc) is 2.41. The van der Waals surface area contributed by atoms with E-state index in [2.05, 4.69) is 0 Å². The Labute approximate surface area is 120 Å². The maximum atomic E-state index is 13.1. The van der Waals surface area contributed by atoms with Crippen LogP contribution in [0.15, 0.2) is 52.3 Å². The number of carbonyl (C=O) groups is 1. The molecule has 0 radical (unpaired) electrons. The van der Waals surface area contributed by atoms with Gasteiger partial charge in [-0.1, -0.05) is 17.8 Å². The number of anilines is 1. The summed E-state index contributed by atoms with van der Waals surface area (Å²) in [7, 11) is 0. The molecule has 0 fully saturated rings. The predicted molar refractivity (Wildman–Crippen MR) is 77.3 cm³/mol. The van der Waals surface area contributed by atoms with Gasteiger partial charge in [-0.05, 0) is 43.3 Å². The van der Waals surface area contributed by atoms with Gasteiger partial charge >= 0.3 is 5.97 Å². The molecule has 20 heavy (non-hydrogen) atoms. The SMILES string of the molecule is CCOC(=O)c1ccc(Sc2cccc(F)c2)c(N)c1. The van der Waals surface area contributed by atoms with E-state index in [1.165, 1.54) is 23.9 Å². The maximum Gasteiger partial charge on any atom is 0.338 e. The van der Waals surface area contributed by atoms with Crippen molar-refractivity contribution in [3.05, 3.63) is 53.8 Å². The third-order valence-electron chi connectivity index (χ3n) is 2.54. The molecule has 0 heterocycles. The van der Waals surface area contributed by atoms with Crippen LogP contribution < -0.4 is 5.73 Å². The lowest BCUT2D eigenvalue weighted by molar-refractivity contribution is 0.0526. The molecule has 0 bridgehead atoms. The first-order chi connectivity index (χ1) is 9.60. The molecule has 0 amide bonds. The van der Waals surface area contributed by atoms with E-state index in [0.717, 1.165) is 9.79 Å². The fourth-order valence-electron chi connectivity index (χ4n) is 1.64. The molecule has 0 spiro atoms. The van der Waals surface area contributed by atoms with Gasteiger partial charge in [0.25, 0.3) is 0 Å². The van der Waals surface area contributed by atoms with Crippen molar-refractivity contribution in [1.29, 1.82) is 0 Å². The zero-order valence-corrected chi connectivity index (χ0v) is 11.7. The minimum Gasteiger partial charge on any atom is -0.462 e. The lowest BCUT2D eigenvalue weighted by Gasteiger charge is -2.08. The number of carbonyl (C=O) groups excluding carboxylic acids is 1. The highest BCUT2D eigenvalue weighted by Crippen LogP contribution is 2.32. The highest BCUT2D eigenvalue weighted by molar-refractivity contribution is 7.99. The minimum atomic E-state index is -0.401. The van der Waals surface area contributed by atoms with E-state index in [1.807, 2.05) is 0 Å². The number of ether oxygens (including phenoxy) is 1. The van der Waals surface area contributed by atoms with Crippen LogP contribution >= 0.6 is 11.8 Å². The molecule has 2 N–H and O–H groups in total. The highest BCUT2D eigenvalue weighted by Gasteiger charge is 2.10. The summed E-state index contributed by atoms with van der Waals surface area (Å²) in [5.41, 5.74) is 6.79. The Hall–Kier alpha value is -2.01. The van der Waals surface area contributed by atoms with Gasteiger partial charge in [-0.25, -0.2) is 9.18 Å². The molecule has 0 aliphatic carbocycles. The molecule has 0 saturated carbocycles. The van der Waals surface area contributed by atoms with Crippen molar-refractivity contribution in [3.63, 3.8) is 0 Å². The second-order valence-electron chi connectivity index (χ2n) is 4.03. The molecule has 2 aromatic carbocycles. The molecule has 0 unspecified atom stereocenters. The van der Waals surface area contributed by atoms with Gasteiger partial charge in [0.1, 0.15) is 5.82 Å². The van der Waals surface area contributed by atoms with E-state index >= 15 is 0 Å². The molecule has 0 aromatic heterocycles. The van der Waals surface area contributed by atoms with Crippen molar-refractivity contribution in [2.24, 2.45) is 0 Å². The van der Waals surface area contributed by atoms with Crippen molar-refractivity contribution in [2.75, 3.05) is 12.3 Å². The van der Waals surface area contributed by atoms with E-state index in [-0.39, 0.29) is 5.82 Å². The molecule has 0 aliphatic rings. The van der Waals surface area contributed by atoms with Crippen LogP contribution in [0.4, 0.5) is 10.1 Å². The lowest BCUT2D eigenvalue weighted by Crippen LogP contribution is -2.05. The Bertz CT molecular complexity index is 631. The molecule has 5 heteroatoms. The van der Waals surface area contributed by atoms with E-state index < -0.39 is 5.97 Å². The van der Waals surface area contributed by atoms with Crippen LogP contribution in [0.1, 0.15) is 17.3 Å². The molecule has 0 saturated heterocycles. The molecule has 3 nitrogen and oxygen atoms in total. The van der Waals surface area contributed by atoms with Crippen molar-refractivity contribution in [2.45, 2.75) is 16.7 Å². The van der Waals surface area contributed by atoms with E-state index in [0.29, 0.717) is 17.9 Å². The third-order valence-corrected chi connectivity index (χ3v) is 3.63. The van der Waals surface area contributed by atoms with Gasteiger partial charge in [-0.2, -0.15) is 0 Å². The number of hydrogen-bond acceptors (Lipinski definition) is 4. The van der Waals surface area contributed by atoms with Crippen LogP contribution in [0.3, 0.4) is 0 Å². The van der Waals surface area contributed by atoms with Gasteiger partial charge in [0.15, 0.2) is 0 Å². The Morgan fingerprint density at radius 3 is 2.75 bits per heavy atom. The number of nitrogen functional groups attached to an aromatic ring is 1. The minimum absolute atomic E-state index is 0.295. The zero-order chi connectivity index (χ0) is 14.5. The summed E-state index contributed by atoms with van der Waals surface area (Å²) >= 11 is 1.35. The Kier molecular flexibility index (Phi) is 4.63. The molecule has 0 aliphatic heterocycles. The second-order valence-corrected chi connectivity index (χ2v) is 5.15. The largest absolute Gasteiger partial charge is 0.462 e. The molecular formula is C15H14FNO2S. The summed E-state index contributed by atoms with van der Waals surface area (Å²) < 4.78 is 18.0. The molecular weight excluding hydrogens is 277 g/mol. The Morgan fingerprint density at radius 2 is 2.10 bits per heavy atom. The highest BCUT2D eigenvalue weighted by atomic mass is 32.2. The van der Waals surface area contributed by atoms with Gasteiger partial charge < -0.3 is 10.5 Å². The fraction of sp³-hybridized carbons (Fsp3) is 0.133. The first-order valence-corrected chi connectivity index (χ1v) is 6.92. The van der Waals surface area contributed by atoms with Crippen molar-refractivity contribution < 1.29 is 13.9 Å². The normalized spacial score (nSPS) is 10.3. The Balaban J connectivity index is 2.20. The van der Waals surface area contributed by atoms with Crippen LogP contribution in [-0.4, -0.2) is 12.6 Å². The summed E-state index contributed by atoms with van der Waals surface area (Å²) in [6.45, 7) is 2.06. The predicted octanol–water partition coefficient (Wildman–Crippen LogP) is 3.74. The van der Waals surface area contributed by atoms with Crippen LogP contribution in [0.2, 0.25) is 0 Å². The molecule has 0 atom stereocenters. The monoisotopic (exact) mass is 291 g/mol. The smallest absolute Gasteiger partial charge is 0.338 e. The number of esters is 1. The van der Waals surface area contributed by atoms with Crippen LogP contribution in [0.25, 0.3) is 0 Å². The number of benzene rings is 2.